The third-order valence-corrected chi connectivity index (χ3v) is 4.05. The minimum Gasteiger partial charge on any atom is -0.497 e. The van der Waals surface area contributed by atoms with E-state index in [-0.39, 0.29) is 18.5 Å². The van der Waals surface area contributed by atoms with Crippen LogP contribution < -0.4 is 4.74 Å². The third kappa shape index (κ3) is 3.94. The lowest BCUT2D eigenvalue weighted by Gasteiger charge is -2.35. The van der Waals surface area contributed by atoms with Crippen molar-refractivity contribution in [1.29, 1.82) is 0 Å². The monoisotopic (exact) mass is 294 g/mol. The van der Waals surface area contributed by atoms with Crippen LogP contribution in [0.5, 0.6) is 5.75 Å². The molecule has 1 unspecified atom stereocenters. The molecular weight excluding hydrogens is 271 g/mol. The normalized spacial score (nSPS) is 17.6. The number of methoxy groups -OCH3 is 1. The van der Waals surface area contributed by atoms with E-state index in [9.17, 15) is 9.18 Å². The Morgan fingerprint density at radius 1 is 1.33 bits per heavy atom. The lowest BCUT2D eigenvalue weighted by atomic mass is 9.99. The Bertz CT molecular complexity index is 473. The maximum absolute atomic E-state index is 12.6. The summed E-state index contributed by atoms with van der Waals surface area (Å²) in [7, 11) is 1.62. The van der Waals surface area contributed by atoms with Gasteiger partial charge >= 0.3 is 0 Å². The van der Waals surface area contributed by atoms with Crippen LogP contribution in [-0.4, -0.2) is 62.2 Å². The first kappa shape index (κ1) is 15.8. The Morgan fingerprint density at radius 3 is 2.67 bits per heavy atom. The summed E-state index contributed by atoms with van der Waals surface area (Å²) in [4.78, 5) is 16.5. The van der Waals surface area contributed by atoms with Crippen molar-refractivity contribution in [2.24, 2.45) is 0 Å². The molecule has 2 rings (SSSR count). The van der Waals surface area contributed by atoms with Crippen LogP contribution in [0.1, 0.15) is 18.4 Å². The summed E-state index contributed by atoms with van der Waals surface area (Å²) >= 11 is 0. The second-order valence-electron chi connectivity index (χ2n) is 5.35. The van der Waals surface area contributed by atoms with Gasteiger partial charge in [-0.3, -0.25) is 9.69 Å². The van der Waals surface area contributed by atoms with E-state index >= 15 is 0 Å². The Hall–Kier alpha value is -1.62. The summed E-state index contributed by atoms with van der Waals surface area (Å²) < 4.78 is 17.5. The molecule has 1 aromatic carbocycles. The van der Waals surface area contributed by atoms with Crippen molar-refractivity contribution in [2.45, 2.75) is 12.8 Å². The van der Waals surface area contributed by atoms with Crippen LogP contribution in [0.2, 0.25) is 0 Å². The fourth-order valence-corrected chi connectivity index (χ4v) is 2.64. The van der Waals surface area contributed by atoms with Gasteiger partial charge in [0.2, 0.25) is 5.91 Å². The van der Waals surface area contributed by atoms with E-state index < -0.39 is 0 Å². The summed E-state index contributed by atoms with van der Waals surface area (Å²) in [6, 6.07) is 7.62. The summed E-state index contributed by atoms with van der Waals surface area (Å²) in [6.45, 7) is 4.91. The van der Waals surface area contributed by atoms with Gasteiger partial charge in [0.1, 0.15) is 12.4 Å². The zero-order valence-electron chi connectivity index (χ0n) is 12.7. The number of carbonyl (C=O) groups excluding carboxylic acids is 1. The maximum Gasteiger partial charge on any atom is 0.229 e. The first-order chi connectivity index (χ1) is 10.2. The van der Waals surface area contributed by atoms with Gasteiger partial charge in [0, 0.05) is 32.7 Å². The summed E-state index contributed by atoms with van der Waals surface area (Å²) in [5, 5.41) is 0. The predicted molar refractivity (Wildman–Crippen MR) is 80.4 cm³/mol. The zero-order valence-corrected chi connectivity index (χ0v) is 12.7. The fourth-order valence-electron chi connectivity index (χ4n) is 2.64. The largest absolute Gasteiger partial charge is 0.497 e. The lowest BCUT2D eigenvalue weighted by molar-refractivity contribution is -0.134. The number of amides is 1. The van der Waals surface area contributed by atoms with E-state index in [0.29, 0.717) is 19.6 Å². The SMILES string of the molecule is COc1cccc(C(C)C(=O)N2CCN(CCF)CC2)c1. The first-order valence-electron chi connectivity index (χ1n) is 7.36. The number of piperazine rings is 1. The summed E-state index contributed by atoms with van der Waals surface area (Å²) in [5.74, 6) is 0.705. The number of carbonyl (C=O) groups is 1. The molecule has 1 saturated heterocycles. The van der Waals surface area contributed by atoms with Gasteiger partial charge in [-0.1, -0.05) is 12.1 Å². The molecule has 1 aromatic rings. The highest BCUT2D eigenvalue weighted by Gasteiger charge is 2.25. The molecular formula is C16H23FN2O2. The van der Waals surface area contributed by atoms with E-state index in [1.54, 1.807) is 7.11 Å². The first-order valence-corrected chi connectivity index (χ1v) is 7.36. The van der Waals surface area contributed by atoms with Crippen molar-refractivity contribution in [1.82, 2.24) is 9.80 Å². The van der Waals surface area contributed by atoms with Crippen molar-refractivity contribution in [3.8, 4) is 5.75 Å². The number of alkyl halides is 1. The molecule has 0 radical (unpaired) electrons. The Labute approximate surface area is 125 Å². The van der Waals surface area contributed by atoms with Gasteiger partial charge in [0.25, 0.3) is 0 Å². The Morgan fingerprint density at radius 2 is 2.05 bits per heavy atom. The van der Waals surface area contributed by atoms with Crippen LogP contribution in [0.25, 0.3) is 0 Å². The maximum atomic E-state index is 12.6. The van der Waals surface area contributed by atoms with Crippen molar-refractivity contribution in [2.75, 3.05) is 46.5 Å². The lowest BCUT2D eigenvalue weighted by Crippen LogP contribution is -2.50. The molecule has 1 aliphatic heterocycles. The van der Waals surface area contributed by atoms with Crippen molar-refractivity contribution in [3.63, 3.8) is 0 Å². The highest BCUT2D eigenvalue weighted by atomic mass is 19.1. The predicted octanol–water partition coefficient (Wildman–Crippen LogP) is 1.91. The van der Waals surface area contributed by atoms with Gasteiger partial charge in [-0.15, -0.1) is 0 Å². The summed E-state index contributed by atoms with van der Waals surface area (Å²) in [6.07, 6.45) is 0. The molecule has 116 valence electrons. The molecule has 1 heterocycles. The van der Waals surface area contributed by atoms with Crippen molar-refractivity contribution in [3.05, 3.63) is 29.8 Å². The number of ether oxygens (including phenoxy) is 1. The van der Waals surface area contributed by atoms with Crippen molar-refractivity contribution >= 4 is 5.91 Å². The summed E-state index contributed by atoms with van der Waals surface area (Å²) in [5.41, 5.74) is 0.963. The average Bonchev–Trinajstić information content (AvgIpc) is 2.54. The molecule has 0 aromatic heterocycles. The Kier molecular flexibility index (Phi) is 5.56. The smallest absolute Gasteiger partial charge is 0.229 e. The van der Waals surface area contributed by atoms with Crippen molar-refractivity contribution < 1.29 is 13.9 Å². The topological polar surface area (TPSA) is 32.8 Å². The molecule has 0 aliphatic carbocycles. The van der Waals surface area contributed by atoms with E-state index in [4.69, 9.17) is 4.74 Å². The third-order valence-electron chi connectivity index (χ3n) is 4.05. The molecule has 5 heteroatoms. The van der Waals surface area contributed by atoms with Gasteiger partial charge < -0.3 is 9.64 Å². The molecule has 0 N–H and O–H groups in total. The highest BCUT2D eigenvalue weighted by molar-refractivity contribution is 5.83. The number of halogens is 1. The van der Waals surface area contributed by atoms with Gasteiger partial charge in [-0.05, 0) is 24.6 Å². The minimum atomic E-state index is -0.325. The molecule has 1 fully saturated rings. The second kappa shape index (κ2) is 7.41. The number of hydrogen-bond donors (Lipinski definition) is 0. The number of nitrogens with zero attached hydrogens (tertiary/aromatic N) is 2. The van der Waals surface area contributed by atoms with Crippen LogP contribution in [0.15, 0.2) is 24.3 Å². The Balaban J connectivity index is 1.96. The van der Waals surface area contributed by atoms with Gasteiger partial charge in [-0.2, -0.15) is 0 Å². The van der Waals surface area contributed by atoms with E-state index in [0.717, 1.165) is 24.4 Å². The number of hydrogen-bond acceptors (Lipinski definition) is 3. The van der Waals surface area contributed by atoms with Crippen LogP contribution in [0.3, 0.4) is 0 Å². The van der Waals surface area contributed by atoms with Crippen LogP contribution in [-0.2, 0) is 4.79 Å². The molecule has 1 atom stereocenters. The van der Waals surface area contributed by atoms with E-state index in [1.165, 1.54) is 0 Å². The van der Waals surface area contributed by atoms with Gasteiger partial charge in [0.15, 0.2) is 0 Å². The quantitative estimate of drug-likeness (QED) is 0.831. The van der Waals surface area contributed by atoms with Crippen LogP contribution in [0, 0.1) is 0 Å². The number of rotatable bonds is 5. The van der Waals surface area contributed by atoms with E-state index in [1.807, 2.05) is 36.1 Å². The average molecular weight is 294 g/mol. The fraction of sp³-hybridized carbons (Fsp3) is 0.562. The second-order valence-corrected chi connectivity index (χ2v) is 5.35. The number of benzene rings is 1. The molecule has 1 aliphatic rings. The van der Waals surface area contributed by atoms with Crippen LogP contribution >= 0.6 is 0 Å². The molecule has 0 spiro atoms. The standard InChI is InChI=1S/C16H23FN2O2/c1-13(14-4-3-5-15(12-14)21-2)16(20)19-10-8-18(7-6-17)9-11-19/h3-5,12-13H,6-11H2,1-2H3. The zero-order chi connectivity index (χ0) is 15.2. The molecule has 1 amide bonds. The molecule has 0 saturated carbocycles. The minimum absolute atomic E-state index is 0.128. The highest BCUT2D eigenvalue weighted by Crippen LogP contribution is 2.23. The van der Waals surface area contributed by atoms with Gasteiger partial charge in [0.05, 0.1) is 13.0 Å². The van der Waals surface area contributed by atoms with Gasteiger partial charge in [-0.25, -0.2) is 4.39 Å². The van der Waals surface area contributed by atoms with Crippen LogP contribution in [0.4, 0.5) is 4.39 Å². The molecule has 0 bridgehead atoms. The molecule has 21 heavy (non-hydrogen) atoms. The molecule has 4 nitrogen and oxygen atoms in total. The van der Waals surface area contributed by atoms with E-state index in [2.05, 4.69) is 4.90 Å².